The van der Waals surface area contributed by atoms with Gasteiger partial charge in [0, 0.05) is 0 Å². The Morgan fingerprint density at radius 2 is 0.712 bits per heavy atom. The van der Waals surface area contributed by atoms with Gasteiger partial charge in [-0.3, -0.25) is 0 Å². The van der Waals surface area contributed by atoms with Crippen molar-refractivity contribution in [2.24, 2.45) is 0 Å². The van der Waals surface area contributed by atoms with Crippen LogP contribution in [0.15, 0.2) is 146 Å². The van der Waals surface area contributed by atoms with E-state index in [0.29, 0.717) is 0 Å². The van der Waals surface area contributed by atoms with Gasteiger partial charge in [0.1, 0.15) is 0 Å². The zero-order valence-electron chi connectivity index (χ0n) is 31.3. The van der Waals surface area contributed by atoms with Gasteiger partial charge in [0.05, 0.1) is 0 Å². The first-order valence-electron chi connectivity index (χ1n) is 17.4. The Labute approximate surface area is 343 Å². The van der Waals surface area contributed by atoms with Gasteiger partial charge in [-0.2, -0.15) is 12.1 Å². The molecule has 0 aromatic heterocycles. The van der Waals surface area contributed by atoms with Crippen LogP contribution in [0, 0.1) is 13.8 Å². The van der Waals surface area contributed by atoms with Crippen LogP contribution >= 0.6 is 24.8 Å². The van der Waals surface area contributed by atoms with E-state index >= 15 is 0 Å². The Bertz CT molecular complexity index is 2180. The van der Waals surface area contributed by atoms with Crippen molar-refractivity contribution in [1.29, 1.82) is 0 Å². The predicted molar refractivity (Wildman–Crippen MR) is 232 cm³/mol. The van der Waals surface area contributed by atoms with E-state index in [-0.39, 0.29) is 61.5 Å². The molecule has 52 heavy (non-hydrogen) atoms. The van der Waals surface area contributed by atoms with Gasteiger partial charge in [-0.25, -0.2) is 0 Å². The molecule has 0 bridgehead atoms. The molecule has 0 fully saturated rings. The second-order valence-electron chi connectivity index (χ2n) is 15.0. The molecule has 0 aliphatic carbocycles. The first kappa shape index (κ1) is 42.9. The van der Waals surface area contributed by atoms with Crippen LogP contribution in [0.25, 0.3) is 65.3 Å². The number of hydrogen-bond donors (Lipinski definition) is 0. The van der Waals surface area contributed by atoms with Crippen LogP contribution in [0.5, 0.6) is 0 Å². The molecule has 0 spiro atoms. The van der Waals surface area contributed by atoms with Gasteiger partial charge in [0.25, 0.3) is 0 Å². The summed E-state index contributed by atoms with van der Waals surface area (Å²) >= 11 is 0. The monoisotopic (exact) mass is 888 g/mol. The van der Waals surface area contributed by atoms with Crippen molar-refractivity contribution in [3.8, 4) is 22.3 Å². The van der Waals surface area contributed by atoms with E-state index in [1.54, 1.807) is 0 Å². The summed E-state index contributed by atoms with van der Waals surface area (Å²) in [5.74, 6) is 0. The van der Waals surface area contributed by atoms with E-state index in [9.17, 15) is 0 Å². The molecule has 0 saturated heterocycles. The van der Waals surface area contributed by atoms with Crippen molar-refractivity contribution in [2.45, 2.75) is 58.8 Å². The fourth-order valence-electron chi connectivity index (χ4n) is 6.73. The minimum absolute atomic E-state index is 0. The van der Waals surface area contributed by atoms with E-state index in [1.807, 2.05) is 0 Å². The van der Waals surface area contributed by atoms with Crippen LogP contribution < -0.4 is 0 Å². The molecule has 0 aliphatic heterocycles. The molecule has 0 nitrogen and oxygen atoms in total. The average Bonchev–Trinajstić information content (AvgIpc) is 3.74. The second kappa shape index (κ2) is 18.0. The molecule has 0 radical (unpaired) electrons. The standard InChI is InChI=1S/2C23H21.C3H6.2ClH.Hf/c2*1-23(2,3)18-14-17-10-7-13-21(22(17)15-18)20-12-6-9-16-8-4-5-11-19(16)20;1-3-2;;;/h2*4-15H,1-3H3;1-3H2;2*1H;/q2*-1;-2;;;+4. The van der Waals surface area contributed by atoms with E-state index in [4.69, 9.17) is 0 Å². The van der Waals surface area contributed by atoms with Crippen molar-refractivity contribution in [3.05, 3.63) is 171 Å². The first-order valence-corrected chi connectivity index (χ1v) is 17.4. The minimum Gasteiger partial charge on any atom is -0.372 e. The Morgan fingerprint density at radius 3 is 1.06 bits per heavy atom. The molecule has 264 valence electrons. The number of rotatable bonds is 2. The van der Waals surface area contributed by atoms with Crippen LogP contribution in [-0.4, -0.2) is 0 Å². The molecule has 0 heterocycles. The van der Waals surface area contributed by atoms with E-state index < -0.39 is 0 Å². The smallest absolute Gasteiger partial charge is 0.372 e. The average molecular weight is 888 g/mol. The maximum Gasteiger partial charge on any atom is 4.00 e. The summed E-state index contributed by atoms with van der Waals surface area (Å²) in [6.45, 7) is 20.4. The van der Waals surface area contributed by atoms with Crippen molar-refractivity contribution >= 4 is 67.9 Å². The van der Waals surface area contributed by atoms with Crippen molar-refractivity contribution in [1.82, 2.24) is 0 Å². The Morgan fingerprint density at radius 1 is 0.423 bits per heavy atom. The zero-order chi connectivity index (χ0) is 34.8. The Hall–Kier alpha value is -3.49. The van der Waals surface area contributed by atoms with Crippen LogP contribution in [-0.2, 0) is 36.7 Å². The summed E-state index contributed by atoms with van der Waals surface area (Å²) in [5.41, 5.74) is 8.45. The molecule has 3 heteroatoms. The topological polar surface area (TPSA) is 0 Å². The molecule has 0 atom stereocenters. The molecule has 8 aromatic carbocycles. The number of fused-ring (bicyclic) bond motifs is 4. The van der Waals surface area contributed by atoms with Crippen molar-refractivity contribution in [2.75, 3.05) is 0 Å². The number of hydrogen-bond acceptors (Lipinski definition) is 0. The molecule has 8 aromatic rings. The maximum absolute atomic E-state index is 3.38. The van der Waals surface area contributed by atoms with Crippen LogP contribution in [0.1, 0.15) is 59.1 Å². The van der Waals surface area contributed by atoms with Gasteiger partial charge in [-0.1, -0.05) is 150 Å². The summed E-state index contributed by atoms with van der Waals surface area (Å²) in [7, 11) is 0. The maximum atomic E-state index is 3.38. The van der Waals surface area contributed by atoms with Crippen LogP contribution in [0.2, 0.25) is 0 Å². The SMILES string of the molecule is CC(C)(C)c1cc2c(-c3cccc4ccccc34)cccc2[cH-]1.CC(C)(C)c1cc2c(-c3cccc4ccccc34)cccc2[cH-]1.Cl.Cl.[CH2-]C[CH2-].[Hf+4]. The fourth-order valence-corrected chi connectivity index (χ4v) is 6.73. The minimum atomic E-state index is 0. The van der Waals surface area contributed by atoms with Gasteiger partial charge in [-0.05, 0) is 43.5 Å². The third kappa shape index (κ3) is 9.17. The molecule has 0 amide bonds. The van der Waals surface area contributed by atoms with Crippen molar-refractivity contribution in [3.63, 3.8) is 0 Å². The molecule has 0 aliphatic rings. The van der Waals surface area contributed by atoms with E-state index in [1.165, 1.54) is 76.5 Å². The quantitative estimate of drug-likeness (QED) is 0.120. The summed E-state index contributed by atoms with van der Waals surface area (Å²) in [6, 6.07) is 53.1. The molecule has 0 saturated carbocycles. The van der Waals surface area contributed by atoms with Gasteiger partial charge in [0.2, 0.25) is 0 Å². The first-order chi connectivity index (χ1) is 23.5. The van der Waals surface area contributed by atoms with Gasteiger partial charge >= 0.3 is 25.8 Å². The Balaban J connectivity index is 0.000000248. The van der Waals surface area contributed by atoms with E-state index in [0.717, 1.165) is 6.42 Å². The summed E-state index contributed by atoms with van der Waals surface area (Å²) in [5, 5.41) is 10.6. The normalized spacial score (nSPS) is 11.1. The summed E-state index contributed by atoms with van der Waals surface area (Å²) in [6.07, 6.45) is 0.750. The molecule has 0 N–H and O–H groups in total. The molecular weight excluding hydrogens is 838 g/mol. The molecular formula is C49H50Cl2Hf. The number of halogens is 2. The van der Waals surface area contributed by atoms with Crippen LogP contribution in [0.3, 0.4) is 0 Å². The van der Waals surface area contributed by atoms with Crippen LogP contribution in [0.4, 0.5) is 0 Å². The number of benzene rings is 6. The third-order valence-electron chi connectivity index (χ3n) is 9.39. The van der Waals surface area contributed by atoms with E-state index in [2.05, 4.69) is 201 Å². The molecule has 8 rings (SSSR count). The van der Waals surface area contributed by atoms with Gasteiger partial charge < -0.3 is 20.3 Å². The summed E-state index contributed by atoms with van der Waals surface area (Å²) < 4.78 is 0. The summed E-state index contributed by atoms with van der Waals surface area (Å²) in [4.78, 5) is 0. The fraction of sp³-hybridized carbons (Fsp3) is 0.184. The molecule has 0 unspecified atom stereocenters. The second-order valence-corrected chi connectivity index (χ2v) is 15.0. The van der Waals surface area contributed by atoms with Crippen molar-refractivity contribution < 1.29 is 25.8 Å². The zero-order valence-corrected chi connectivity index (χ0v) is 36.5. The predicted octanol–water partition coefficient (Wildman–Crippen LogP) is 15.2. The Kier molecular flexibility index (Phi) is 14.9. The van der Waals surface area contributed by atoms with Gasteiger partial charge in [-0.15, -0.1) is 93.9 Å². The largest absolute Gasteiger partial charge is 4.00 e. The third-order valence-corrected chi connectivity index (χ3v) is 9.39. The van der Waals surface area contributed by atoms with Gasteiger partial charge in [0.15, 0.2) is 0 Å².